The van der Waals surface area contributed by atoms with Crippen LogP contribution in [0.25, 0.3) is 0 Å². The average molecular weight is 701 g/mol. The Morgan fingerprint density at radius 1 is 0.440 bits per heavy atom. The third-order valence-electron chi connectivity index (χ3n) is 9.61. The molecular weight excluding hydrogens is 624 g/mol. The number of carbonyl (C=O) groups is 3. The molecule has 0 saturated carbocycles. The van der Waals surface area contributed by atoms with Gasteiger partial charge in [-0.1, -0.05) is 199 Å². The van der Waals surface area contributed by atoms with Crippen LogP contribution in [0, 0.1) is 0 Å². The van der Waals surface area contributed by atoms with Gasteiger partial charge in [0.1, 0.15) is 13.2 Å². The number of unbranched alkanes of at least 4 members (excludes halogenated alkanes) is 26. The lowest BCUT2D eigenvalue weighted by atomic mass is 10.0. The van der Waals surface area contributed by atoms with E-state index in [1.807, 2.05) is 6.07 Å². The van der Waals surface area contributed by atoms with Gasteiger partial charge in [-0.2, -0.15) is 0 Å². The van der Waals surface area contributed by atoms with E-state index in [2.05, 4.69) is 13.8 Å². The summed E-state index contributed by atoms with van der Waals surface area (Å²) in [5.41, 5.74) is 0.426. The van der Waals surface area contributed by atoms with Crippen LogP contribution in [0.2, 0.25) is 0 Å². The molecule has 0 fully saturated rings. The maximum absolute atomic E-state index is 12.7. The highest BCUT2D eigenvalue weighted by Crippen LogP contribution is 2.16. The van der Waals surface area contributed by atoms with Crippen molar-refractivity contribution < 1.29 is 28.6 Å². The molecule has 1 atom stereocenters. The second kappa shape index (κ2) is 35.1. The summed E-state index contributed by atoms with van der Waals surface area (Å²) in [6.07, 6.45) is 35.1. The fourth-order valence-corrected chi connectivity index (χ4v) is 6.37. The first-order valence-electron chi connectivity index (χ1n) is 21.1. The van der Waals surface area contributed by atoms with Crippen molar-refractivity contribution in [1.82, 2.24) is 0 Å². The van der Waals surface area contributed by atoms with Gasteiger partial charge < -0.3 is 14.2 Å². The summed E-state index contributed by atoms with van der Waals surface area (Å²) in [6, 6.07) is 8.72. The summed E-state index contributed by atoms with van der Waals surface area (Å²) in [5.74, 6) is -1.13. The minimum Gasteiger partial charge on any atom is -0.462 e. The Hall–Kier alpha value is -2.37. The van der Waals surface area contributed by atoms with Crippen molar-refractivity contribution in [3.8, 4) is 0 Å². The number of hydrogen-bond acceptors (Lipinski definition) is 6. The van der Waals surface area contributed by atoms with E-state index in [0.29, 0.717) is 18.4 Å². The van der Waals surface area contributed by atoms with Crippen LogP contribution in [0.5, 0.6) is 0 Å². The molecule has 6 heteroatoms. The van der Waals surface area contributed by atoms with E-state index in [1.54, 1.807) is 24.3 Å². The van der Waals surface area contributed by atoms with Crippen LogP contribution < -0.4 is 0 Å². The molecule has 0 heterocycles. The molecule has 1 aromatic carbocycles. The SMILES string of the molecule is CCCCCCCCCCCCCCCCCC(=O)OC(COC(=O)CCCCCCCCCCCCCCC)COC(=O)c1ccccc1. The minimum atomic E-state index is -0.818. The molecule has 1 rings (SSSR count). The van der Waals surface area contributed by atoms with Gasteiger partial charge in [0.15, 0.2) is 6.10 Å². The van der Waals surface area contributed by atoms with Crippen LogP contribution in [-0.2, 0) is 23.8 Å². The first-order valence-corrected chi connectivity index (χ1v) is 21.1. The van der Waals surface area contributed by atoms with Gasteiger partial charge in [0.05, 0.1) is 5.56 Å². The first kappa shape index (κ1) is 45.7. The summed E-state index contributed by atoms with van der Waals surface area (Å²) < 4.78 is 16.5. The Morgan fingerprint density at radius 3 is 1.18 bits per heavy atom. The standard InChI is InChI=1S/C44H76O6/c1-3-5-7-9-11-13-15-17-18-20-22-24-26-28-33-37-43(46)50-41(39-49-44(47)40-34-30-29-31-35-40)38-48-42(45)36-32-27-25-23-21-19-16-14-12-10-8-6-4-2/h29-31,34-35,41H,3-28,32-33,36-39H2,1-2H3. The molecular formula is C44H76O6. The van der Waals surface area contributed by atoms with E-state index >= 15 is 0 Å². The van der Waals surface area contributed by atoms with Crippen molar-refractivity contribution in [3.05, 3.63) is 35.9 Å². The lowest BCUT2D eigenvalue weighted by molar-refractivity contribution is -0.161. The average Bonchev–Trinajstić information content (AvgIpc) is 3.13. The third kappa shape index (κ3) is 29.4. The molecule has 0 spiro atoms. The van der Waals surface area contributed by atoms with E-state index in [9.17, 15) is 14.4 Å². The van der Waals surface area contributed by atoms with Gasteiger partial charge in [-0.15, -0.1) is 0 Å². The number of ether oxygens (including phenoxy) is 3. The molecule has 0 N–H and O–H groups in total. The van der Waals surface area contributed by atoms with Gasteiger partial charge in [0, 0.05) is 12.8 Å². The predicted molar refractivity (Wildman–Crippen MR) is 207 cm³/mol. The lowest BCUT2D eigenvalue weighted by Crippen LogP contribution is -2.30. The summed E-state index contributed by atoms with van der Waals surface area (Å²) in [7, 11) is 0. The maximum atomic E-state index is 12.7. The van der Waals surface area contributed by atoms with Crippen molar-refractivity contribution in [1.29, 1.82) is 0 Å². The van der Waals surface area contributed by atoms with Crippen LogP contribution in [0.1, 0.15) is 217 Å². The summed E-state index contributed by atoms with van der Waals surface area (Å²) in [5, 5.41) is 0. The second-order valence-corrected chi connectivity index (χ2v) is 14.5. The topological polar surface area (TPSA) is 78.9 Å². The normalized spacial score (nSPS) is 11.7. The van der Waals surface area contributed by atoms with E-state index in [-0.39, 0.29) is 25.2 Å². The van der Waals surface area contributed by atoms with Gasteiger partial charge in [0.2, 0.25) is 0 Å². The molecule has 288 valence electrons. The molecule has 0 aliphatic rings. The highest BCUT2D eigenvalue weighted by atomic mass is 16.6. The van der Waals surface area contributed by atoms with Crippen molar-refractivity contribution in [3.63, 3.8) is 0 Å². The molecule has 6 nitrogen and oxygen atoms in total. The van der Waals surface area contributed by atoms with E-state index in [1.165, 1.54) is 141 Å². The molecule has 1 aromatic rings. The maximum Gasteiger partial charge on any atom is 0.338 e. The molecule has 1 unspecified atom stereocenters. The van der Waals surface area contributed by atoms with Crippen LogP contribution in [0.4, 0.5) is 0 Å². The van der Waals surface area contributed by atoms with Crippen molar-refractivity contribution in [2.24, 2.45) is 0 Å². The summed E-state index contributed by atoms with van der Waals surface area (Å²) in [4.78, 5) is 37.6. The van der Waals surface area contributed by atoms with Crippen molar-refractivity contribution >= 4 is 17.9 Å². The number of esters is 3. The second-order valence-electron chi connectivity index (χ2n) is 14.5. The number of carbonyl (C=O) groups excluding carboxylic acids is 3. The molecule has 0 radical (unpaired) electrons. The van der Waals surface area contributed by atoms with E-state index in [4.69, 9.17) is 14.2 Å². The lowest BCUT2D eigenvalue weighted by Gasteiger charge is -2.18. The van der Waals surface area contributed by atoms with Crippen LogP contribution in [0.3, 0.4) is 0 Å². The minimum absolute atomic E-state index is 0.107. The first-order chi connectivity index (χ1) is 24.6. The Balaban J connectivity index is 2.21. The van der Waals surface area contributed by atoms with Gasteiger partial charge in [-0.05, 0) is 25.0 Å². The van der Waals surface area contributed by atoms with Gasteiger partial charge >= 0.3 is 17.9 Å². The quantitative estimate of drug-likeness (QED) is 0.0394. The van der Waals surface area contributed by atoms with Gasteiger partial charge in [0.25, 0.3) is 0 Å². The molecule has 0 amide bonds. The Morgan fingerprint density at radius 2 is 0.780 bits per heavy atom. The van der Waals surface area contributed by atoms with Crippen LogP contribution in [0.15, 0.2) is 30.3 Å². The van der Waals surface area contributed by atoms with E-state index < -0.39 is 12.1 Å². The molecule has 0 saturated heterocycles. The highest BCUT2D eigenvalue weighted by Gasteiger charge is 2.20. The summed E-state index contributed by atoms with van der Waals surface area (Å²) in [6.45, 7) is 4.27. The molecule has 0 aliphatic heterocycles. The van der Waals surface area contributed by atoms with Gasteiger partial charge in [-0.3, -0.25) is 9.59 Å². The largest absolute Gasteiger partial charge is 0.462 e. The Labute approximate surface area is 307 Å². The highest BCUT2D eigenvalue weighted by molar-refractivity contribution is 5.89. The number of benzene rings is 1. The fourth-order valence-electron chi connectivity index (χ4n) is 6.37. The third-order valence-corrected chi connectivity index (χ3v) is 9.61. The predicted octanol–water partition coefficient (Wildman–Crippen LogP) is 13.0. The monoisotopic (exact) mass is 701 g/mol. The van der Waals surface area contributed by atoms with Crippen LogP contribution >= 0.6 is 0 Å². The fraction of sp³-hybridized carbons (Fsp3) is 0.795. The van der Waals surface area contributed by atoms with Crippen molar-refractivity contribution in [2.45, 2.75) is 213 Å². The number of rotatable bonds is 36. The number of hydrogen-bond donors (Lipinski definition) is 0. The van der Waals surface area contributed by atoms with Crippen LogP contribution in [-0.4, -0.2) is 37.2 Å². The molecule has 0 aromatic heterocycles. The van der Waals surface area contributed by atoms with Gasteiger partial charge in [-0.25, -0.2) is 4.79 Å². The molecule has 0 aliphatic carbocycles. The smallest absolute Gasteiger partial charge is 0.338 e. The molecule has 50 heavy (non-hydrogen) atoms. The Bertz CT molecular complexity index is 916. The summed E-state index contributed by atoms with van der Waals surface area (Å²) >= 11 is 0. The zero-order valence-electron chi connectivity index (χ0n) is 32.5. The zero-order valence-corrected chi connectivity index (χ0v) is 32.5. The zero-order chi connectivity index (χ0) is 36.2. The Kier molecular flexibility index (Phi) is 32.0. The molecule has 0 bridgehead atoms. The van der Waals surface area contributed by atoms with Crippen molar-refractivity contribution in [2.75, 3.05) is 13.2 Å². The van der Waals surface area contributed by atoms with E-state index in [0.717, 1.165) is 38.5 Å².